The van der Waals surface area contributed by atoms with E-state index in [4.69, 9.17) is 10.6 Å². The first-order valence-corrected chi connectivity index (χ1v) is 2.96. The third kappa shape index (κ3) is 3.82. The van der Waals surface area contributed by atoms with Crippen molar-refractivity contribution in [2.75, 3.05) is 13.2 Å². The maximum atomic E-state index is 8.57. The smallest absolute Gasteiger partial charge is 0.0460 e. The maximum absolute atomic E-state index is 8.57. The summed E-state index contributed by atoms with van der Waals surface area (Å²) in [5.74, 6) is 0.140. The largest absolute Gasteiger partial charge is 0.396 e. The van der Waals surface area contributed by atoms with Crippen LogP contribution in [0.1, 0.15) is 13.3 Å². The highest BCUT2D eigenvalue weighted by Gasteiger charge is 2.00. The number of hydrogen-bond acceptors (Lipinski definition) is 2. The lowest BCUT2D eigenvalue weighted by Crippen LogP contribution is -2.07. The molecule has 0 aromatic rings. The van der Waals surface area contributed by atoms with Crippen LogP contribution in [0.25, 0.3) is 10.4 Å². The van der Waals surface area contributed by atoms with Crippen molar-refractivity contribution in [2.24, 2.45) is 11.0 Å². The predicted octanol–water partition coefficient (Wildman–Crippen LogP) is 1.32. The second kappa shape index (κ2) is 5.41. The fourth-order valence-electron chi connectivity index (χ4n) is 0.468. The van der Waals surface area contributed by atoms with Crippen molar-refractivity contribution in [2.45, 2.75) is 13.3 Å². The van der Waals surface area contributed by atoms with Crippen LogP contribution in [0.3, 0.4) is 0 Å². The molecule has 4 heteroatoms. The molecule has 0 saturated heterocycles. The van der Waals surface area contributed by atoms with E-state index in [1.165, 1.54) is 0 Å². The van der Waals surface area contributed by atoms with Gasteiger partial charge in [0.15, 0.2) is 0 Å². The highest BCUT2D eigenvalue weighted by Crippen LogP contribution is 2.00. The Kier molecular flexibility index (Phi) is 4.97. The Balaban J connectivity index is 3.42. The fourth-order valence-corrected chi connectivity index (χ4v) is 0.468. The van der Waals surface area contributed by atoms with Crippen LogP contribution in [0.2, 0.25) is 0 Å². The van der Waals surface area contributed by atoms with Crippen LogP contribution in [0.5, 0.6) is 0 Å². The molecule has 0 aromatic carbocycles. The Bertz CT molecular complexity index is 105. The molecule has 0 aliphatic carbocycles. The van der Waals surface area contributed by atoms with Gasteiger partial charge >= 0.3 is 0 Å². The van der Waals surface area contributed by atoms with E-state index in [-0.39, 0.29) is 12.5 Å². The SMILES string of the molecule is CC[C@H](CO)CN=[N+]=[N-]. The van der Waals surface area contributed by atoms with Crippen molar-refractivity contribution < 1.29 is 5.11 Å². The Labute approximate surface area is 54.1 Å². The van der Waals surface area contributed by atoms with Gasteiger partial charge in [0.25, 0.3) is 0 Å². The molecule has 1 N–H and O–H groups in total. The van der Waals surface area contributed by atoms with Crippen molar-refractivity contribution in [1.82, 2.24) is 0 Å². The summed E-state index contributed by atoms with van der Waals surface area (Å²) in [7, 11) is 0. The van der Waals surface area contributed by atoms with Crippen LogP contribution in [0.4, 0.5) is 0 Å². The lowest BCUT2D eigenvalue weighted by atomic mass is 10.1. The van der Waals surface area contributed by atoms with Crippen LogP contribution < -0.4 is 0 Å². The summed E-state index contributed by atoms with van der Waals surface area (Å²) in [6.07, 6.45) is 0.857. The molecule has 0 bridgehead atoms. The first-order valence-electron chi connectivity index (χ1n) is 2.96. The topological polar surface area (TPSA) is 69.0 Å². The van der Waals surface area contributed by atoms with E-state index in [9.17, 15) is 0 Å². The average molecular weight is 129 g/mol. The van der Waals surface area contributed by atoms with Crippen LogP contribution in [0.15, 0.2) is 5.11 Å². The highest BCUT2D eigenvalue weighted by molar-refractivity contribution is 4.58. The second-order valence-electron chi connectivity index (χ2n) is 1.87. The van der Waals surface area contributed by atoms with E-state index < -0.39 is 0 Å². The zero-order chi connectivity index (χ0) is 7.11. The highest BCUT2D eigenvalue weighted by atomic mass is 16.3. The van der Waals surface area contributed by atoms with Gasteiger partial charge in [0.05, 0.1) is 0 Å². The van der Waals surface area contributed by atoms with E-state index in [0.717, 1.165) is 6.42 Å². The third-order valence-electron chi connectivity index (χ3n) is 1.24. The predicted molar refractivity (Wildman–Crippen MR) is 34.9 cm³/mol. The van der Waals surface area contributed by atoms with E-state index in [1.807, 2.05) is 6.92 Å². The number of nitrogens with zero attached hydrogens (tertiary/aromatic N) is 3. The molecule has 0 heterocycles. The minimum Gasteiger partial charge on any atom is -0.396 e. The van der Waals surface area contributed by atoms with E-state index >= 15 is 0 Å². The fraction of sp³-hybridized carbons (Fsp3) is 1.00. The summed E-state index contributed by atoms with van der Waals surface area (Å²) >= 11 is 0. The molecule has 0 saturated carbocycles. The summed E-state index contributed by atoms with van der Waals surface area (Å²) < 4.78 is 0. The standard InChI is InChI=1S/C5H11N3O/c1-2-5(4-9)3-7-8-6/h5,9H,2-4H2,1H3/t5-/m0/s1. The van der Waals surface area contributed by atoms with Gasteiger partial charge in [0.2, 0.25) is 0 Å². The molecule has 0 fully saturated rings. The van der Waals surface area contributed by atoms with Gasteiger partial charge in [-0.25, -0.2) is 0 Å². The molecule has 0 aromatic heterocycles. The van der Waals surface area contributed by atoms with Gasteiger partial charge in [0, 0.05) is 18.1 Å². The van der Waals surface area contributed by atoms with Crippen molar-refractivity contribution in [1.29, 1.82) is 0 Å². The van der Waals surface area contributed by atoms with Crippen molar-refractivity contribution in [3.8, 4) is 0 Å². The van der Waals surface area contributed by atoms with Gasteiger partial charge in [-0.1, -0.05) is 18.5 Å². The number of aliphatic hydroxyl groups is 1. The molecule has 4 nitrogen and oxygen atoms in total. The summed E-state index contributed by atoms with van der Waals surface area (Å²) in [5, 5.41) is 11.9. The molecule has 0 aliphatic rings. The molecule has 1 atom stereocenters. The minimum absolute atomic E-state index is 0.107. The molecule has 0 radical (unpaired) electrons. The average Bonchev–Trinajstić information content (AvgIpc) is 1.91. The van der Waals surface area contributed by atoms with Gasteiger partial charge in [-0.05, 0) is 11.4 Å². The Morgan fingerprint density at radius 1 is 1.78 bits per heavy atom. The lowest BCUT2D eigenvalue weighted by molar-refractivity contribution is 0.227. The Hall–Kier alpha value is -0.730. The van der Waals surface area contributed by atoms with Crippen molar-refractivity contribution in [3.05, 3.63) is 10.4 Å². The number of hydrogen-bond donors (Lipinski definition) is 1. The molecule has 0 aliphatic heterocycles. The second-order valence-corrected chi connectivity index (χ2v) is 1.87. The molecule has 9 heavy (non-hydrogen) atoms. The van der Waals surface area contributed by atoms with Crippen LogP contribution in [0, 0.1) is 5.92 Å². The summed E-state index contributed by atoms with van der Waals surface area (Å²) in [5.41, 5.74) is 7.88. The van der Waals surface area contributed by atoms with E-state index in [1.54, 1.807) is 0 Å². The molecule has 0 unspecified atom stereocenters. The quantitative estimate of drug-likeness (QED) is 0.347. The normalized spacial score (nSPS) is 12.2. The molecule has 52 valence electrons. The molecule has 0 amide bonds. The maximum Gasteiger partial charge on any atom is 0.0460 e. The lowest BCUT2D eigenvalue weighted by Gasteiger charge is -2.04. The Morgan fingerprint density at radius 2 is 2.44 bits per heavy atom. The molecular formula is C5H11N3O. The van der Waals surface area contributed by atoms with Gasteiger partial charge in [-0.2, -0.15) is 0 Å². The van der Waals surface area contributed by atoms with Gasteiger partial charge < -0.3 is 5.11 Å². The van der Waals surface area contributed by atoms with Gasteiger partial charge in [-0.15, -0.1) is 0 Å². The van der Waals surface area contributed by atoms with Crippen LogP contribution in [-0.4, -0.2) is 18.3 Å². The zero-order valence-corrected chi connectivity index (χ0v) is 5.49. The number of rotatable bonds is 4. The van der Waals surface area contributed by atoms with E-state index in [2.05, 4.69) is 10.0 Å². The first-order chi connectivity index (χ1) is 4.35. The van der Waals surface area contributed by atoms with E-state index in [0.29, 0.717) is 6.54 Å². The van der Waals surface area contributed by atoms with Gasteiger partial charge in [0.1, 0.15) is 0 Å². The number of azide groups is 1. The summed E-state index contributed by atoms with van der Waals surface area (Å²) in [4.78, 5) is 2.59. The van der Waals surface area contributed by atoms with Crippen molar-refractivity contribution >= 4 is 0 Å². The van der Waals surface area contributed by atoms with Gasteiger partial charge in [-0.3, -0.25) is 0 Å². The zero-order valence-electron chi connectivity index (χ0n) is 5.49. The third-order valence-corrected chi connectivity index (χ3v) is 1.24. The summed E-state index contributed by atoms with van der Waals surface area (Å²) in [6, 6.07) is 0. The first kappa shape index (κ1) is 8.27. The molecule has 0 rings (SSSR count). The van der Waals surface area contributed by atoms with Crippen LogP contribution >= 0.6 is 0 Å². The molecule has 0 spiro atoms. The van der Waals surface area contributed by atoms with Crippen molar-refractivity contribution in [3.63, 3.8) is 0 Å². The number of aliphatic hydroxyl groups excluding tert-OH is 1. The Morgan fingerprint density at radius 3 is 2.78 bits per heavy atom. The minimum atomic E-state index is 0.107. The monoisotopic (exact) mass is 129 g/mol. The van der Waals surface area contributed by atoms with Crippen LogP contribution in [-0.2, 0) is 0 Å². The molecular weight excluding hydrogens is 118 g/mol. The summed E-state index contributed by atoms with van der Waals surface area (Å²) in [6.45, 7) is 2.47.